The molecule has 1 aliphatic heterocycles. The van der Waals surface area contributed by atoms with E-state index in [0.29, 0.717) is 6.04 Å². The van der Waals surface area contributed by atoms with Gasteiger partial charge in [-0.2, -0.15) is 0 Å². The molecule has 0 aromatic heterocycles. The first-order valence-electron chi connectivity index (χ1n) is 6.78. The first-order valence-corrected chi connectivity index (χ1v) is 6.78. The maximum Gasteiger partial charge on any atom is 0.0781 e. The largest absolute Gasteiger partial charge is 0.389 e. The zero-order valence-corrected chi connectivity index (χ0v) is 11.6. The first kappa shape index (κ1) is 13.4. The molecule has 3 nitrogen and oxygen atoms in total. The van der Waals surface area contributed by atoms with Crippen molar-refractivity contribution in [3.8, 4) is 0 Å². The molecule has 0 amide bonds. The minimum absolute atomic E-state index is 0.402. The van der Waals surface area contributed by atoms with Gasteiger partial charge >= 0.3 is 0 Å². The van der Waals surface area contributed by atoms with Crippen LogP contribution in [-0.2, 0) is 0 Å². The molecule has 0 saturated carbocycles. The smallest absolute Gasteiger partial charge is 0.0781 e. The zero-order chi connectivity index (χ0) is 13.1. The van der Waals surface area contributed by atoms with E-state index >= 15 is 0 Å². The van der Waals surface area contributed by atoms with Gasteiger partial charge in [-0.05, 0) is 39.9 Å². The van der Waals surface area contributed by atoms with E-state index in [9.17, 15) is 5.11 Å². The van der Waals surface area contributed by atoms with Gasteiger partial charge in [-0.15, -0.1) is 0 Å². The molecule has 1 aromatic rings. The van der Waals surface area contributed by atoms with Crippen molar-refractivity contribution in [1.82, 2.24) is 4.90 Å². The SMILES string of the molecule is C[C@H](O)c1ccccc1N1CCCC(N(C)C)C1. The minimum Gasteiger partial charge on any atom is -0.389 e. The second-order valence-corrected chi connectivity index (χ2v) is 5.44. The van der Waals surface area contributed by atoms with Crippen LogP contribution in [0.4, 0.5) is 5.69 Å². The van der Waals surface area contributed by atoms with Gasteiger partial charge in [0.1, 0.15) is 0 Å². The van der Waals surface area contributed by atoms with Crippen molar-refractivity contribution >= 4 is 5.69 Å². The number of aliphatic hydroxyl groups is 1. The van der Waals surface area contributed by atoms with E-state index in [0.717, 1.165) is 18.7 Å². The molecule has 2 atom stereocenters. The highest BCUT2D eigenvalue weighted by Gasteiger charge is 2.23. The van der Waals surface area contributed by atoms with E-state index in [1.54, 1.807) is 0 Å². The van der Waals surface area contributed by atoms with Gasteiger partial charge < -0.3 is 14.9 Å². The highest BCUT2D eigenvalue weighted by Crippen LogP contribution is 2.29. The maximum atomic E-state index is 9.87. The van der Waals surface area contributed by atoms with Crippen molar-refractivity contribution in [2.75, 3.05) is 32.1 Å². The molecule has 1 saturated heterocycles. The molecule has 1 fully saturated rings. The number of hydrogen-bond acceptors (Lipinski definition) is 3. The van der Waals surface area contributed by atoms with Crippen molar-refractivity contribution in [2.24, 2.45) is 0 Å². The lowest BCUT2D eigenvalue weighted by Gasteiger charge is -2.38. The Morgan fingerprint density at radius 1 is 1.33 bits per heavy atom. The summed E-state index contributed by atoms with van der Waals surface area (Å²) in [5, 5.41) is 9.87. The van der Waals surface area contributed by atoms with Gasteiger partial charge in [0.15, 0.2) is 0 Å². The number of piperidine rings is 1. The number of benzene rings is 1. The van der Waals surface area contributed by atoms with Crippen LogP contribution in [-0.4, -0.2) is 43.2 Å². The predicted molar refractivity (Wildman–Crippen MR) is 76.0 cm³/mol. The lowest BCUT2D eigenvalue weighted by atomic mass is 10.0. The summed E-state index contributed by atoms with van der Waals surface area (Å²) in [5.41, 5.74) is 2.23. The van der Waals surface area contributed by atoms with E-state index in [-0.39, 0.29) is 0 Å². The number of hydrogen-bond donors (Lipinski definition) is 1. The average molecular weight is 248 g/mol. The van der Waals surface area contributed by atoms with Gasteiger partial charge in [0.25, 0.3) is 0 Å². The van der Waals surface area contributed by atoms with E-state index < -0.39 is 6.10 Å². The topological polar surface area (TPSA) is 26.7 Å². The van der Waals surface area contributed by atoms with Crippen LogP contribution in [0.25, 0.3) is 0 Å². The van der Waals surface area contributed by atoms with Gasteiger partial charge in [0.2, 0.25) is 0 Å². The van der Waals surface area contributed by atoms with Crippen LogP contribution < -0.4 is 4.90 Å². The Balaban J connectivity index is 2.20. The van der Waals surface area contributed by atoms with E-state index in [1.165, 1.54) is 18.5 Å². The summed E-state index contributed by atoms with van der Waals surface area (Å²) in [4.78, 5) is 4.72. The van der Waals surface area contributed by atoms with Crippen LogP contribution in [0.2, 0.25) is 0 Å². The average Bonchev–Trinajstić information content (AvgIpc) is 2.39. The number of aliphatic hydroxyl groups excluding tert-OH is 1. The number of para-hydroxylation sites is 1. The van der Waals surface area contributed by atoms with Crippen LogP contribution in [0.1, 0.15) is 31.4 Å². The van der Waals surface area contributed by atoms with Gasteiger partial charge in [0.05, 0.1) is 6.10 Å². The molecule has 1 aliphatic rings. The molecule has 0 aliphatic carbocycles. The second-order valence-electron chi connectivity index (χ2n) is 5.44. The van der Waals surface area contributed by atoms with E-state index in [4.69, 9.17) is 0 Å². The summed E-state index contributed by atoms with van der Waals surface area (Å²) < 4.78 is 0. The fourth-order valence-corrected chi connectivity index (χ4v) is 2.72. The van der Waals surface area contributed by atoms with Crippen LogP contribution in [0, 0.1) is 0 Å². The molecule has 1 unspecified atom stereocenters. The highest BCUT2D eigenvalue weighted by atomic mass is 16.3. The molecular formula is C15H24N2O. The molecule has 18 heavy (non-hydrogen) atoms. The Hall–Kier alpha value is -1.06. The summed E-state index contributed by atoms with van der Waals surface area (Å²) in [5.74, 6) is 0. The molecule has 0 radical (unpaired) electrons. The van der Waals surface area contributed by atoms with Crippen molar-refractivity contribution < 1.29 is 5.11 Å². The summed E-state index contributed by atoms with van der Waals surface area (Å²) in [6.45, 7) is 3.98. The van der Waals surface area contributed by atoms with Crippen LogP contribution >= 0.6 is 0 Å². The number of likely N-dealkylation sites (N-methyl/N-ethyl adjacent to an activating group) is 1. The summed E-state index contributed by atoms with van der Waals surface area (Å²) in [7, 11) is 4.30. The molecule has 0 spiro atoms. The lowest BCUT2D eigenvalue weighted by Crippen LogP contribution is -2.45. The summed E-state index contributed by atoms with van der Waals surface area (Å²) in [6.07, 6.45) is 2.08. The third-order valence-corrected chi connectivity index (χ3v) is 3.85. The second kappa shape index (κ2) is 5.72. The Kier molecular flexibility index (Phi) is 4.25. The molecule has 1 N–H and O–H groups in total. The Morgan fingerprint density at radius 2 is 2.06 bits per heavy atom. The fourth-order valence-electron chi connectivity index (χ4n) is 2.72. The molecule has 0 bridgehead atoms. The van der Waals surface area contributed by atoms with E-state index in [1.807, 2.05) is 19.1 Å². The lowest BCUT2D eigenvalue weighted by molar-refractivity contribution is 0.199. The molecule has 3 heteroatoms. The van der Waals surface area contributed by atoms with Crippen molar-refractivity contribution in [3.05, 3.63) is 29.8 Å². The molecule has 2 rings (SSSR count). The molecule has 1 aromatic carbocycles. The normalized spacial score (nSPS) is 22.3. The standard InChI is InChI=1S/C15H24N2O/c1-12(18)14-8-4-5-9-15(14)17-10-6-7-13(11-17)16(2)3/h4-5,8-9,12-13,18H,6-7,10-11H2,1-3H3/t12-,13?/m0/s1. The number of anilines is 1. The quantitative estimate of drug-likeness (QED) is 0.889. The third kappa shape index (κ3) is 2.85. The molecular weight excluding hydrogens is 224 g/mol. The summed E-state index contributed by atoms with van der Waals surface area (Å²) >= 11 is 0. The zero-order valence-electron chi connectivity index (χ0n) is 11.6. The Labute approximate surface area is 110 Å². The van der Waals surface area contributed by atoms with E-state index in [2.05, 4.69) is 36.0 Å². The Bertz CT molecular complexity index is 390. The highest BCUT2D eigenvalue weighted by molar-refractivity contribution is 5.55. The number of rotatable bonds is 3. The van der Waals surface area contributed by atoms with Crippen molar-refractivity contribution in [1.29, 1.82) is 0 Å². The van der Waals surface area contributed by atoms with Gasteiger partial charge in [0, 0.05) is 30.4 Å². The molecule has 1 heterocycles. The molecule has 100 valence electrons. The van der Waals surface area contributed by atoms with Gasteiger partial charge in [-0.3, -0.25) is 0 Å². The van der Waals surface area contributed by atoms with Crippen molar-refractivity contribution in [3.63, 3.8) is 0 Å². The monoisotopic (exact) mass is 248 g/mol. The van der Waals surface area contributed by atoms with Crippen LogP contribution in [0.5, 0.6) is 0 Å². The fraction of sp³-hybridized carbons (Fsp3) is 0.600. The third-order valence-electron chi connectivity index (χ3n) is 3.85. The number of nitrogens with zero attached hydrogens (tertiary/aromatic N) is 2. The van der Waals surface area contributed by atoms with Crippen LogP contribution in [0.3, 0.4) is 0 Å². The van der Waals surface area contributed by atoms with Crippen molar-refractivity contribution in [2.45, 2.75) is 31.9 Å². The van der Waals surface area contributed by atoms with Crippen LogP contribution in [0.15, 0.2) is 24.3 Å². The van der Waals surface area contributed by atoms with Gasteiger partial charge in [-0.1, -0.05) is 18.2 Å². The van der Waals surface area contributed by atoms with Gasteiger partial charge in [-0.25, -0.2) is 0 Å². The first-order chi connectivity index (χ1) is 8.59. The maximum absolute atomic E-state index is 9.87. The summed E-state index contributed by atoms with van der Waals surface area (Å²) in [6, 6.07) is 8.82. The predicted octanol–water partition coefficient (Wildman–Crippen LogP) is 2.27. The Morgan fingerprint density at radius 3 is 2.72 bits per heavy atom. The minimum atomic E-state index is -0.402.